The normalized spacial score (nSPS) is 39.2. The van der Waals surface area contributed by atoms with Gasteiger partial charge in [-0.2, -0.15) is 17.0 Å². The van der Waals surface area contributed by atoms with Gasteiger partial charge in [0, 0.05) is 11.8 Å². The van der Waals surface area contributed by atoms with Crippen LogP contribution in [0.1, 0.15) is 26.2 Å². The smallest absolute Gasteiger partial charge is 0.240 e. The first-order valence-electron chi connectivity index (χ1n) is 5.46. The van der Waals surface area contributed by atoms with E-state index < -0.39 is 5.41 Å². The van der Waals surface area contributed by atoms with E-state index in [-0.39, 0.29) is 5.91 Å². The second-order valence-corrected chi connectivity index (χ2v) is 5.89. The van der Waals surface area contributed by atoms with Crippen LogP contribution in [0.3, 0.4) is 0 Å². The summed E-state index contributed by atoms with van der Waals surface area (Å²) in [6.07, 6.45) is 2.51. The predicted molar refractivity (Wildman–Crippen MR) is 60.3 cm³/mol. The van der Waals surface area contributed by atoms with Crippen molar-refractivity contribution in [1.29, 1.82) is 5.26 Å². The molecule has 0 aromatic rings. The molecule has 1 unspecified atom stereocenters. The van der Waals surface area contributed by atoms with Crippen LogP contribution in [0, 0.1) is 22.7 Å². The first kappa shape index (κ1) is 10.8. The van der Waals surface area contributed by atoms with Crippen molar-refractivity contribution in [2.75, 3.05) is 11.5 Å². The van der Waals surface area contributed by atoms with Gasteiger partial charge in [0.05, 0.1) is 6.07 Å². The number of rotatable bonds is 2. The molecule has 1 saturated carbocycles. The molecule has 0 spiro atoms. The van der Waals surface area contributed by atoms with Crippen molar-refractivity contribution in [3.63, 3.8) is 0 Å². The maximum Gasteiger partial charge on any atom is 0.240 e. The quantitative estimate of drug-likeness (QED) is 0.774. The third-order valence-corrected chi connectivity index (χ3v) is 4.47. The Morgan fingerprint density at radius 1 is 1.60 bits per heavy atom. The van der Waals surface area contributed by atoms with Crippen LogP contribution in [0.4, 0.5) is 0 Å². The fourth-order valence-corrected chi connectivity index (χ4v) is 3.58. The Balaban J connectivity index is 1.92. The maximum absolute atomic E-state index is 11.9. The van der Waals surface area contributed by atoms with Crippen LogP contribution in [0.5, 0.6) is 0 Å². The molecule has 2 rings (SSSR count). The summed E-state index contributed by atoms with van der Waals surface area (Å²) in [6, 6.07) is 2.50. The van der Waals surface area contributed by atoms with E-state index in [1.54, 1.807) is 0 Å². The average molecular weight is 224 g/mol. The van der Waals surface area contributed by atoms with E-state index in [1.807, 2.05) is 11.8 Å². The monoisotopic (exact) mass is 224 g/mol. The first-order valence-corrected chi connectivity index (χ1v) is 6.62. The fraction of sp³-hybridized carbons (Fsp3) is 0.818. The van der Waals surface area contributed by atoms with Gasteiger partial charge in [0.1, 0.15) is 5.41 Å². The molecular weight excluding hydrogens is 208 g/mol. The van der Waals surface area contributed by atoms with Gasteiger partial charge in [0.2, 0.25) is 5.91 Å². The van der Waals surface area contributed by atoms with Crippen molar-refractivity contribution in [1.82, 2.24) is 5.32 Å². The first-order chi connectivity index (χ1) is 7.16. The summed E-state index contributed by atoms with van der Waals surface area (Å²) in [6.45, 7) is 2.09. The van der Waals surface area contributed by atoms with E-state index >= 15 is 0 Å². The van der Waals surface area contributed by atoms with Gasteiger partial charge in [-0.15, -0.1) is 0 Å². The third-order valence-electron chi connectivity index (χ3n) is 3.31. The number of nitriles is 1. The predicted octanol–water partition coefficient (Wildman–Crippen LogP) is 1.55. The van der Waals surface area contributed by atoms with Crippen LogP contribution in [0.2, 0.25) is 0 Å². The molecule has 1 heterocycles. The number of thioether (sulfide) groups is 1. The Morgan fingerprint density at radius 2 is 2.33 bits per heavy atom. The van der Waals surface area contributed by atoms with Crippen molar-refractivity contribution in [2.24, 2.45) is 11.3 Å². The zero-order valence-corrected chi connectivity index (χ0v) is 9.77. The van der Waals surface area contributed by atoms with Crippen LogP contribution in [-0.4, -0.2) is 23.5 Å². The Kier molecular flexibility index (Phi) is 2.92. The molecule has 1 aliphatic heterocycles. The molecule has 15 heavy (non-hydrogen) atoms. The van der Waals surface area contributed by atoms with E-state index in [2.05, 4.69) is 18.3 Å². The topological polar surface area (TPSA) is 52.9 Å². The highest BCUT2D eigenvalue weighted by Crippen LogP contribution is 2.45. The minimum Gasteiger partial charge on any atom is -0.351 e. The number of nitrogens with zero attached hydrogens (tertiary/aromatic N) is 1. The van der Waals surface area contributed by atoms with Crippen LogP contribution >= 0.6 is 11.8 Å². The van der Waals surface area contributed by atoms with Gasteiger partial charge in [0.25, 0.3) is 0 Å². The summed E-state index contributed by atoms with van der Waals surface area (Å²) in [5.41, 5.74) is -0.702. The van der Waals surface area contributed by atoms with Gasteiger partial charge in [-0.25, -0.2) is 0 Å². The summed E-state index contributed by atoms with van der Waals surface area (Å²) < 4.78 is 0. The molecule has 2 aliphatic rings. The third kappa shape index (κ3) is 1.98. The van der Waals surface area contributed by atoms with Crippen molar-refractivity contribution in [3.05, 3.63) is 0 Å². The number of carbonyl (C=O) groups excluding carboxylic acids is 1. The Morgan fingerprint density at radius 3 is 2.80 bits per heavy atom. The standard InChI is InChI=1S/C11H16N2OS/c1-8-4-11(5-8,7-12)10(14)13-9-2-3-15-6-9/h8-9H,2-6H2,1H3,(H,13,14). The summed E-state index contributed by atoms with van der Waals surface area (Å²) in [4.78, 5) is 11.9. The maximum atomic E-state index is 11.9. The lowest BCUT2D eigenvalue weighted by molar-refractivity contribution is -0.134. The molecule has 82 valence electrons. The minimum atomic E-state index is -0.702. The second kappa shape index (κ2) is 4.05. The number of amides is 1. The largest absolute Gasteiger partial charge is 0.351 e. The molecule has 1 saturated heterocycles. The molecule has 3 nitrogen and oxygen atoms in total. The number of hydrogen-bond acceptors (Lipinski definition) is 3. The molecule has 4 heteroatoms. The van der Waals surface area contributed by atoms with Crippen LogP contribution in [0.15, 0.2) is 0 Å². The summed E-state index contributed by atoms with van der Waals surface area (Å²) >= 11 is 1.87. The van der Waals surface area contributed by atoms with Crippen LogP contribution < -0.4 is 5.32 Å². The van der Waals surface area contributed by atoms with E-state index in [1.165, 1.54) is 0 Å². The summed E-state index contributed by atoms with van der Waals surface area (Å²) in [5, 5.41) is 12.1. The summed E-state index contributed by atoms with van der Waals surface area (Å²) in [5.74, 6) is 2.62. The van der Waals surface area contributed by atoms with Gasteiger partial charge >= 0.3 is 0 Å². The molecule has 2 fully saturated rings. The van der Waals surface area contributed by atoms with E-state index in [0.29, 0.717) is 12.0 Å². The van der Waals surface area contributed by atoms with Crippen molar-refractivity contribution in [3.8, 4) is 6.07 Å². The molecule has 1 atom stereocenters. The minimum absolute atomic E-state index is 0.0319. The zero-order valence-electron chi connectivity index (χ0n) is 8.95. The lowest BCUT2D eigenvalue weighted by Gasteiger charge is -2.39. The van der Waals surface area contributed by atoms with Crippen LogP contribution in [-0.2, 0) is 4.79 Å². The molecular formula is C11H16N2OS. The van der Waals surface area contributed by atoms with Crippen molar-refractivity contribution < 1.29 is 4.79 Å². The SMILES string of the molecule is CC1CC(C#N)(C(=O)NC2CCSC2)C1. The Hall–Kier alpha value is -0.690. The van der Waals surface area contributed by atoms with Gasteiger partial charge in [-0.1, -0.05) is 6.92 Å². The van der Waals surface area contributed by atoms with E-state index in [9.17, 15) is 4.79 Å². The molecule has 0 aromatic carbocycles. The highest BCUT2D eigenvalue weighted by Gasteiger charge is 2.49. The lowest BCUT2D eigenvalue weighted by Crippen LogP contribution is -2.51. The molecule has 1 aliphatic carbocycles. The fourth-order valence-electron chi connectivity index (χ4n) is 2.43. The lowest BCUT2D eigenvalue weighted by atomic mass is 9.63. The van der Waals surface area contributed by atoms with Crippen molar-refractivity contribution >= 4 is 17.7 Å². The second-order valence-electron chi connectivity index (χ2n) is 4.74. The number of nitrogens with one attached hydrogen (secondary N) is 1. The Bertz CT molecular complexity index is 298. The highest BCUT2D eigenvalue weighted by molar-refractivity contribution is 7.99. The van der Waals surface area contributed by atoms with E-state index in [4.69, 9.17) is 5.26 Å². The van der Waals surface area contributed by atoms with Gasteiger partial charge < -0.3 is 5.32 Å². The highest BCUT2D eigenvalue weighted by atomic mass is 32.2. The van der Waals surface area contributed by atoms with Gasteiger partial charge in [-0.3, -0.25) is 4.79 Å². The van der Waals surface area contributed by atoms with Crippen molar-refractivity contribution in [2.45, 2.75) is 32.2 Å². The van der Waals surface area contributed by atoms with E-state index in [0.717, 1.165) is 30.8 Å². The average Bonchev–Trinajstić information content (AvgIpc) is 2.64. The molecule has 0 aromatic heterocycles. The van der Waals surface area contributed by atoms with Crippen LogP contribution in [0.25, 0.3) is 0 Å². The molecule has 1 N–H and O–H groups in total. The number of hydrogen-bond donors (Lipinski definition) is 1. The molecule has 0 radical (unpaired) electrons. The van der Waals surface area contributed by atoms with Gasteiger partial charge in [-0.05, 0) is 30.9 Å². The molecule has 1 amide bonds. The number of carbonyl (C=O) groups is 1. The zero-order chi connectivity index (χ0) is 10.9. The Labute approximate surface area is 94.6 Å². The molecule has 0 bridgehead atoms. The summed E-state index contributed by atoms with van der Waals surface area (Å²) in [7, 11) is 0. The van der Waals surface area contributed by atoms with Gasteiger partial charge in [0.15, 0.2) is 0 Å².